The Labute approximate surface area is 152 Å². The average molecular weight is 378 g/mol. The van der Waals surface area contributed by atoms with Crippen molar-refractivity contribution >= 4 is 21.6 Å². The van der Waals surface area contributed by atoms with E-state index in [-0.39, 0.29) is 5.91 Å². The van der Waals surface area contributed by atoms with E-state index in [2.05, 4.69) is 20.8 Å². The first-order chi connectivity index (χ1) is 12.3. The average Bonchev–Trinajstić information content (AvgIpc) is 3.01. The van der Waals surface area contributed by atoms with Crippen molar-refractivity contribution in [2.45, 2.75) is 39.2 Å². The van der Waals surface area contributed by atoms with Crippen molar-refractivity contribution < 1.29 is 13.2 Å². The normalized spacial score (nSPS) is 18.7. The van der Waals surface area contributed by atoms with E-state index in [1.807, 2.05) is 13.0 Å². The Morgan fingerprint density at radius 3 is 2.69 bits per heavy atom. The van der Waals surface area contributed by atoms with Crippen LogP contribution in [-0.2, 0) is 14.8 Å². The van der Waals surface area contributed by atoms with Crippen molar-refractivity contribution in [2.24, 2.45) is 0 Å². The molecule has 1 N–H and O–H groups in total. The van der Waals surface area contributed by atoms with E-state index in [1.54, 1.807) is 23.7 Å². The highest BCUT2D eigenvalue weighted by Gasteiger charge is 2.34. The Kier molecular flexibility index (Phi) is 5.05. The Balaban J connectivity index is 1.84. The molecule has 0 bridgehead atoms. The van der Waals surface area contributed by atoms with Crippen LogP contribution in [0.3, 0.4) is 0 Å². The number of anilines is 1. The van der Waals surface area contributed by atoms with Crippen molar-refractivity contribution in [2.75, 3.05) is 18.1 Å². The van der Waals surface area contributed by atoms with Gasteiger partial charge in [-0.2, -0.15) is 8.99 Å². The van der Waals surface area contributed by atoms with E-state index < -0.39 is 16.1 Å². The fourth-order valence-corrected chi connectivity index (χ4v) is 4.28. The Hall–Kier alpha value is -2.33. The molecule has 0 saturated carbocycles. The molecule has 1 aliphatic heterocycles. The summed E-state index contributed by atoms with van der Waals surface area (Å²) in [5.41, 5.74) is 2.28. The van der Waals surface area contributed by atoms with Gasteiger partial charge >= 0.3 is 0 Å². The number of aromatic nitrogens is 4. The van der Waals surface area contributed by atoms with Gasteiger partial charge in [0.1, 0.15) is 6.04 Å². The van der Waals surface area contributed by atoms with Gasteiger partial charge < -0.3 is 5.32 Å². The van der Waals surface area contributed by atoms with Crippen molar-refractivity contribution in [3.63, 3.8) is 0 Å². The Morgan fingerprint density at radius 2 is 2.04 bits per heavy atom. The fourth-order valence-electron chi connectivity index (χ4n) is 3.16. The molecule has 1 aliphatic rings. The summed E-state index contributed by atoms with van der Waals surface area (Å²) in [6, 6.07) is 4.74. The SMILES string of the molecule is Cc1ccc(NC(=O)C2CCCCN2S(C)(=O)=O)cc1-n1nnnc1C. The molecule has 0 aliphatic carbocycles. The fraction of sp³-hybridized carbons (Fsp3) is 0.500. The molecule has 10 heteroatoms. The first-order valence-electron chi connectivity index (χ1n) is 8.41. The maximum Gasteiger partial charge on any atom is 0.242 e. The Bertz CT molecular complexity index is 924. The minimum atomic E-state index is -3.43. The molecule has 1 atom stereocenters. The summed E-state index contributed by atoms with van der Waals surface area (Å²) in [5.74, 6) is 0.311. The number of hydrogen-bond acceptors (Lipinski definition) is 6. The minimum absolute atomic E-state index is 0.321. The molecule has 1 saturated heterocycles. The molecule has 26 heavy (non-hydrogen) atoms. The van der Waals surface area contributed by atoms with Crippen molar-refractivity contribution in [1.82, 2.24) is 24.5 Å². The maximum absolute atomic E-state index is 12.7. The lowest BCUT2D eigenvalue weighted by Crippen LogP contribution is -2.49. The van der Waals surface area contributed by atoms with Crippen LogP contribution in [0.15, 0.2) is 18.2 Å². The van der Waals surface area contributed by atoms with Crippen LogP contribution in [0, 0.1) is 13.8 Å². The van der Waals surface area contributed by atoms with Gasteiger partial charge in [0.2, 0.25) is 15.9 Å². The summed E-state index contributed by atoms with van der Waals surface area (Å²) in [6.07, 6.45) is 3.25. The highest BCUT2D eigenvalue weighted by atomic mass is 32.2. The number of amides is 1. The van der Waals surface area contributed by atoms with Gasteiger partial charge in [0.25, 0.3) is 0 Å². The van der Waals surface area contributed by atoms with Crippen LogP contribution in [0.5, 0.6) is 0 Å². The van der Waals surface area contributed by atoms with Crippen LogP contribution in [0.1, 0.15) is 30.7 Å². The maximum atomic E-state index is 12.7. The lowest BCUT2D eigenvalue weighted by atomic mass is 10.0. The third kappa shape index (κ3) is 3.75. The summed E-state index contributed by atoms with van der Waals surface area (Å²) < 4.78 is 26.8. The van der Waals surface area contributed by atoms with Crippen molar-refractivity contribution in [3.8, 4) is 5.69 Å². The molecule has 0 radical (unpaired) electrons. The summed E-state index contributed by atoms with van der Waals surface area (Å²) in [6.45, 7) is 4.09. The second kappa shape index (κ2) is 7.12. The predicted molar refractivity (Wildman–Crippen MR) is 96.4 cm³/mol. The number of sulfonamides is 1. The minimum Gasteiger partial charge on any atom is -0.325 e. The number of aryl methyl sites for hydroxylation is 2. The largest absolute Gasteiger partial charge is 0.325 e. The van der Waals surface area contributed by atoms with Crippen LogP contribution < -0.4 is 5.32 Å². The molecule has 2 heterocycles. The molecular weight excluding hydrogens is 356 g/mol. The molecule has 140 valence electrons. The Morgan fingerprint density at radius 1 is 1.27 bits per heavy atom. The number of carbonyl (C=O) groups excluding carboxylic acids is 1. The van der Waals surface area contributed by atoms with Gasteiger partial charge in [-0.3, -0.25) is 4.79 Å². The highest BCUT2D eigenvalue weighted by molar-refractivity contribution is 7.88. The highest BCUT2D eigenvalue weighted by Crippen LogP contribution is 2.23. The third-order valence-corrected chi connectivity index (χ3v) is 5.80. The first kappa shape index (κ1) is 18.5. The molecule has 1 amide bonds. The van der Waals surface area contributed by atoms with E-state index >= 15 is 0 Å². The van der Waals surface area contributed by atoms with Crippen LogP contribution in [0.25, 0.3) is 5.69 Å². The van der Waals surface area contributed by atoms with Gasteiger partial charge in [0.05, 0.1) is 11.9 Å². The van der Waals surface area contributed by atoms with Crippen LogP contribution in [0.2, 0.25) is 0 Å². The monoisotopic (exact) mass is 378 g/mol. The van der Waals surface area contributed by atoms with E-state index in [1.165, 1.54) is 4.31 Å². The van der Waals surface area contributed by atoms with E-state index in [4.69, 9.17) is 0 Å². The molecule has 3 rings (SSSR count). The smallest absolute Gasteiger partial charge is 0.242 e. The number of rotatable bonds is 4. The molecule has 2 aromatic rings. The third-order valence-electron chi connectivity index (χ3n) is 4.51. The first-order valence-corrected chi connectivity index (χ1v) is 10.3. The molecular formula is C16H22N6O3S. The number of piperidine rings is 1. The van der Waals surface area contributed by atoms with Gasteiger partial charge in [-0.25, -0.2) is 8.42 Å². The zero-order valence-corrected chi connectivity index (χ0v) is 15.8. The quantitative estimate of drug-likeness (QED) is 0.851. The number of benzene rings is 1. The van der Waals surface area contributed by atoms with Crippen LogP contribution >= 0.6 is 0 Å². The van der Waals surface area contributed by atoms with Gasteiger partial charge in [0, 0.05) is 12.2 Å². The topological polar surface area (TPSA) is 110 Å². The van der Waals surface area contributed by atoms with E-state index in [0.29, 0.717) is 24.5 Å². The lowest BCUT2D eigenvalue weighted by Gasteiger charge is -2.32. The van der Waals surface area contributed by atoms with Crippen LogP contribution in [0.4, 0.5) is 5.69 Å². The lowest BCUT2D eigenvalue weighted by molar-refractivity contribution is -0.120. The number of nitrogens with zero attached hydrogens (tertiary/aromatic N) is 5. The van der Waals surface area contributed by atoms with Crippen molar-refractivity contribution in [3.05, 3.63) is 29.6 Å². The van der Waals surface area contributed by atoms with Crippen molar-refractivity contribution in [1.29, 1.82) is 0 Å². The van der Waals surface area contributed by atoms with Gasteiger partial charge in [-0.1, -0.05) is 12.5 Å². The molecule has 1 fully saturated rings. The van der Waals surface area contributed by atoms with E-state index in [0.717, 1.165) is 30.3 Å². The van der Waals surface area contributed by atoms with Gasteiger partial charge in [0.15, 0.2) is 5.82 Å². The summed E-state index contributed by atoms with van der Waals surface area (Å²) in [5, 5.41) is 14.3. The molecule has 1 unspecified atom stereocenters. The molecule has 1 aromatic heterocycles. The summed E-state index contributed by atoms with van der Waals surface area (Å²) >= 11 is 0. The second-order valence-electron chi connectivity index (χ2n) is 6.51. The molecule has 1 aromatic carbocycles. The molecule has 0 spiro atoms. The van der Waals surface area contributed by atoms with Gasteiger partial charge in [-0.15, -0.1) is 5.10 Å². The zero-order chi connectivity index (χ0) is 18.9. The number of carbonyl (C=O) groups is 1. The van der Waals surface area contributed by atoms with Gasteiger partial charge in [-0.05, 0) is 54.8 Å². The zero-order valence-electron chi connectivity index (χ0n) is 15.0. The standard InChI is InChI=1S/C16H22N6O3S/c1-11-7-8-13(10-15(11)22-12(2)18-19-20-22)17-16(23)14-6-4-5-9-21(14)26(3,24)25/h7-8,10,14H,4-6,9H2,1-3H3,(H,17,23). The van der Waals surface area contributed by atoms with Crippen LogP contribution in [-0.4, -0.2) is 57.7 Å². The second-order valence-corrected chi connectivity index (χ2v) is 8.45. The van der Waals surface area contributed by atoms with E-state index in [9.17, 15) is 13.2 Å². The summed E-state index contributed by atoms with van der Waals surface area (Å²) in [4.78, 5) is 12.7. The number of nitrogens with one attached hydrogen (secondary N) is 1. The number of tetrazole rings is 1. The predicted octanol–water partition coefficient (Wildman–Crippen LogP) is 1.03. The summed E-state index contributed by atoms with van der Waals surface area (Å²) in [7, 11) is -3.43. The molecule has 9 nitrogen and oxygen atoms in total. The number of hydrogen-bond donors (Lipinski definition) is 1.